The Labute approximate surface area is 420 Å². The van der Waals surface area contributed by atoms with E-state index in [0.29, 0.717) is 13.2 Å². The zero-order chi connectivity index (χ0) is 46.9. The van der Waals surface area contributed by atoms with Crippen LogP contribution in [0.25, 0.3) is 0 Å². The van der Waals surface area contributed by atoms with Gasteiger partial charge in [-0.05, 0) is 79.0 Å². The number of aromatic nitrogens is 2. The topological polar surface area (TPSA) is 26.2 Å². The summed E-state index contributed by atoms with van der Waals surface area (Å²) in [6, 6.07) is 31.0. The molecule has 2 heterocycles. The Bertz CT molecular complexity index is 1580. The first-order valence-electron chi connectivity index (χ1n) is 27.8. The molecule has 67 heavy (non-hydrogen) atoms. The van der Waals surface area contributed by atoms with E-state index in [2.05, 4.69) is 156 Å². The van der Waals surface area contributed by atoms with Crippen molar-refractivity contribution in [3.05, 3.63) is 121 Å². The van der Waals surface area contributed by atoms with E-state index in [9.17, 15) is 0 Å². The Kier molecular flexibility index (Phi) is 33.7. The third kappa shape index (κ3) is 28.3. The molecule has 4 rings (SSSR count). The predicted octanol–water partition coefficient (Wildman–Crippen LogP) is 17.3. The lowest BCUT2D eigenvalue weighted by atomic mass is 10.0. The molecule has 4 nitrogen and oxygen atoms in total. The first-order chi connectivity index (χ1) is 33.2. The van der Waals surface area contributed by atoms with Gasteiger partial charge in [0.1, 0.15) is 11.5 Å². The fourth-order valence-corrected chi connectivity index (χ4v) is 11.4. The molecule has 0 bridgehead atoms. The van der Waals surface area contributed by atoms with Crippen molar-refractivity contribution in [2.24, 2.45) is 0 Å². The summed E-state index contributed by atoms with van der Waals surface area (Å²) in [7, 11) is 0. The molecule has 0 aliphatic carbocycles. The molecular weight excluding hydrogens is 857 g/mol. The number of rotatable bonds is 44. The largest absolute Gasteiger partial charge is 0.487 e. The molecule has 0 saturated carbocycles. The average molecular weight is 954 g/mol. The standard InChI is InChI=1S/C61H96N2O2S2/c1-3-5-7-9-11-13-15-17-19-21-23-25-29-38-56-40-35-42-60(50-56)64-52-58(62-44-31-27-32-45-62)54-66-48-37-49-67-55-59(63-46-33-28-34-47-63)53-65-61-43-36-41-57(51-61)39-30-26-24-22-20-18-16-14-12-10-8-6-4-2/h27-28,31-36,40-47,50-51,58-59H,3-26,29-30,37-39,48-49,52-55H2,1-2H3/q+2. The number of unbranched alkanes of at least 4 members (excludes halogenated alkanes) is 24. The van der Waals surface area contributed by atoms with Crippen molar-refractivity contribution in [3.8, 4) is 11.5 Å². The van der Waals surface area contributed by atoms with Crippen molar-refractivity contribution < 1.29 is 18.6 Å². The van der Waals surface area contributed by atoms with E-state index >= 15 is 0 Å². The number of aryl methyl sites for hydroxylation is 2. The van der Waals surface area contributed by atoms with Gasteiger partial charge in [-0.15, -0.1) is 0 Å². The third-order valence-corrected chi connectivity index (χ3v) is 15.7. The van der Waals surface area contributed by atoms with Gasteiger partial charge in [-0.2, -0.15) is 32.7 Å². The summed E-state index contributed by atoms with van der Waals surface area (Å²) in [4.78, 5) is 0. The number of hydrogen-bond donors (Lipinski definition) is 0. The van der Waals surface area contributed by atoms with Gasteiger partial charge in [0.15, 0.2) is 38.0 Å². The molecular formula is C61H96N2O2S2+2. The third-order valence-electron chi connectivity index (χ3n) is 13.3. The second-order valence-electron chi connectivity index (χ2n) is 19.4. The zero-order valence-corrected chi connectivity index (χ0v) is 44.5. The summed E-state index contributed by atoms with van der Waals surface area (Å²) < 4.78 is 17.7. The second-order valence-corrected chi connectivity index (χ2v) is 21.7. The summed E-state index contributed by atoms with van der Waals surface area (Å²) in [5, 5.41) is 0. The van der Waals surface area contributed by atoms with Gasteiger partial charge in [-0.25, -0.2) is 0 Å². The summed E-state index contributed by atoms with van der Waals surface area (Å²) in [6.45, 7) is 5.96. The van der Waals surface area contributed by atoms with Crippen LogP contribution in [0, 0.1) is 0 Å². The van der Waals surface area contributed by atoms with Crippen molar-refractivity contribution in [1.82, 2.24) is 0 Å². The molecule has 4 aromatic rings. The van der Waals surface area contributed by atoms with Crippen LogP contribution in [0.2, 0.25) is 0 Å². The molecule has 2 aromatic heterocycles. The minimum atomic E-state index is 0.285. The highest BCUT2D eigenvalue weighted by Crippen LogP contribution is 2.22. The van der Waals surface area contributed by atoms with Crippen LogP contribution in [-0.2, 0) is 12.8 Å². The monoisotopic (exact) mass is 953 g/mol. The molecule has 2 unspecified atom stereocenters. The number of thioether (sulfide) groups is 2. The van der Waals surface area contributed by atoms with E-state index in [4.69, 9.17) is 9.47 Å². The lowest BCUT2D eigenvalue weighted by Crippen LogP contribution is -2.43. The Morgan fingerprint density at radius 3 is 1.04 bits per heavy atom. The fraction of sp³-hybridized carbons (Fsp3) is 0.639. The number of nitrogens with zero attached hydrogens (tertiary/aromatic N) is 2. The summed E-state index contributed by atoms with van der Waals surface area (Å²) in [5.74, 6) is 6.37. The average Bonchev–Trinajstić information content (AvgIpc) is 3.36. The Morgan fingerprint density at radius 2 is 0.701 bits per heavy atom. The molecule has 0 spiro atoms. The van der Waals surface area contributed by atoms with Gasteiger partial charge in [0, 0.05) is 24.3 Å². The zero-order valence-electron chi connectivity index (χ0n) is 42.8. The Balaban J connectivity index is 1.09. The smallest absolute Gasteiger partial charge is 0.200 e. The highest BCUT2D eigenvalue weighted by molar-refractivity contribution is 8.00. The molecule has 372 valence electrons. The number of ether oxygens (including phenoxy) is 2. The highest BCUT2D eigenvalue weighted by atomic mass is 32.2. The van der Waals surface area contributed by atoms with Crippen LogP contribution in [0.1, 0.15) is 210 Å². The van der Waals surface area contributed by atoms with E-state index in [1.807, 2.05) is 0 Å². The van der Waals surface area contributed by atoms with Crippen LogP contribution in [0.4, 0.5) is 0 Å². The van der Waals surface area contributed by atoms with Crippen LogP contribution in [0.5, 0.6) is 11.5 Å². The molecule has 2 aromatic carbocycles. The first kappa shape index (κ1) is 56.6. The van der Waals surface area contributed by atoms with Crippen LogP contribution in [-0.4, -0.2) is 36.2 Å². The van der Waals surface area contributed by atoms with Crippen molar-refractivity contribution in [2.45, 2.75) is 212 Å². The summed E-state index contributed by atoms with van der Waals surface area (Å²) in [5.41, 5.74) is 2.81. The van der Waals surface area contributed by atoms with Gasteiger partial charge in [-0.3, -0.25) is 0 Å². The van der Waals surface area contributed by atoms with Crippen molar-refractivity contribution in [3.63, 3.8) is 0 Å². The molecule has 0 N–H and O–H groups in total. The van der Waals surface area contributed by atoms with E-state index in [-0.39, 0.29) is 12.1 Å². The molecule has 0 amide bonds. The quantitative estimate of drug-likeness (QED) is 0.0326. The van der Waals surface area contributed by atoms with Gasteiger partial charge in [0.05, 0.1) is 11.5 Å². The number of hydrogen-bond acceptors (Lipinski definition) is 4. The summed E-state index contributed by atoms with van der Waals surface area (Å²) >= 11 is 4.11. The van der Waals surface area contributed by atoms with Crippen LogP contribution in [0.3, 0.4) is 0 Å². The maximum atomic E-state index is 6.51. The minimum Gasteiger partial charge on any atom is -0.487 e. The van der Waals surface area contributed by atoms with Gasteiger partial charge in [0.25, 0.3) is 0 Å². The van der Waals surface area contributed by atoms with E-state index in [1.165, 1.54) is 184 Å². The first-order valence-corrected chi connectivity index (χ1v) is 30.1. The van der Waals surface area contributed by atoms with Gasteiger partial charge >= 0.3 is 0 Å². The van der Waals surface area contributed by atoms with E-state index in [1.54, 1.807) is 0 Å². The normalized spacial score (nSPS) is 12.3. The summed E-state index contributed by atoms with van der Waals surface area (Å²) in [6.07, 6.45) is 48.5. The molecule has 2 atom stereocenters. The molecule has 0 aliphatic heterocycles. The molecule has 6 heteroatoms. The molecule has 0 saturated heterocycles. The fourth-order valence-electron chi connectivity index (χ4n) is 9.11. The van der Waals surface area contributed by atoms with Crippen molar-refractivity contribution in [2.75, 3.05) is 36.2 Å². The maximum Gasteiger partial charge on any atom is 0.200 e. The Morgan fingerprint density at radius 1 is 0.373 bits per heavy atom. The van der Waals surface area contributed by atoms with Gasteiger partial charge in [-0.1, -0.05) is 204 Å². The Hall–Kier alpha value is -2.96. The van der Waals surface area contributed by atoms with Gasteiger partial charge in [0.2, 0.25) is 12.1 Å². The lowest BCUT2D eigenvalue weighted by Gasteiger charge is -2.15. The van der Waals surface area contributed by atoms with E-state index in [0.717, 1.165) is 47.4 Å². The molecule has 0 radical (unpaired) electrons. The van der Waals surface area contributed by atoms with Crippen LogP contribution < -0.4 is 18.6 Å². The maximum absolute atomic E-state index is 6.51. The van der Waals surface area contributed by atoms with Crippen LogP contribution in [0.15, 0.2) is 110 Å². The minimum absolute atomic E-state index is 0.285. The van der Waals surface area contributed by atoms with Crippen molar-refractivity contribution >= 4 is 23.5 Å². The predicted molar refractivity (Wildman–Crippen MR) is 293 cm³/mol. The highest BCUT2D eigenvalue weighted by Gasteiger charge is 2.21. The lowest BCUT2D eigenvalue weighted by molar-refractivity contribution is -0.719. The number of benzene rings is 2. The van der Waals surface area contributed by atoms with Crippen LogP contribution >= 0.6 is 23.5 Å². The van der Waals surface area contributed by atoms with Gasteiger partial charge < -0.3 is 9.47 Å². The van der Waals surface area contributed by atoms with E-state index < -0.39 is 0 Å². The molecule has 0 aliphatic rings. The van der Waals surface area contributed by atoms with Crippen molar-refractivity contribution in [1.29, 1.82) is 0 Å². The SMILES string of the molecule is CCCCCCCCCCCCCCCc1cccc(OCC(CSCCCSCC(COc2cccc(CCCCCCCCCCCCCCC)c2)[n+]2ccccc2)[n+]2ccccc2)c1. The number of pyridine rings is 2. The second kappa shape index (κ2) is 39.8. The molecule has 0 fully saturated rings.